The van der Waals surface area contributed by atoms with Crippen molar-refractivity contribution >= 4 is 59.1 Å². The van der Waals surface area contributed by atoms with Crippen molar-refractivity contribution in [2.24, 2.45) is 0 Å². The van der Waals surface area contributed by atoms with E-state index in [1.165, 1.54) is 47.2 Å². The smallest absolute Gasteiger partial charge is 0.548 e. The third-order valence-electron chi connectivity index (χ3n) is 6.24. The minimum absolute atomic E-state index is 0. The van der Waals surface area contributed by atoms with Crippen LogP contribution in [-0.4, -0.2) is 90.8 Å². The number of rotatable bonds is 6. The Hall–Kier alpha value is -0.480. The van der Waals surface area contributed by atoms with E-state index in [9.17, 15) is 39.0 Å². The molecule has 4 aliphatic heterocycles. The molecule has 0 aromatic heterocycles. The number of nitrogens with one attached hydrogen (secondary N) is 2. The van der Waals surface area contributed by atoms with Crippen molar-refractivity contribution in [1.29, 1.82) is 0 Å². The average molecular weight is 561 g/mol. The molecule has 0 aromatic rings. The Bertz CT molecular complexity index is 885. The molecule has 4 heterocycles. The van der Waals surface area contributed by atoms with E-state index in [0.29, 0.717) is 12.8 Å². The molecule has 0 aliphatic carbocycles. The molecular formula is C20H26N4Na2O8S2. The van der Waals surface area contributed by atoms with Crippen molar-refractivity contribution in [2.45, 2.75) is 72.9 Å². The molecule has 2 unspecified atom stereocenters. The zero-order valence-electron chi connectivity index (χ0n) is 21.1. The molecule has 16 heteroatoms. The maximum atomic E-state index is 11.4. The van der Waals surface area contributed by atoms with E-state index in [2.05, 4.69) is 10.6 Å². The summed E-state index contributed by atoms with van der Waals surface area (Å²) < 4.78 is -1.44. The number of carboxylic acid groups (broad SMARTS) is 2. The molecule has 188 valence electrons. The van der Waals surface area contributed by atoms with Gasteiger partial charge in [0.15, 0.2) is 0 Å². The molecule has 0 spiro atoms. The largest absolute Gasteiger partial charge is 1.00 e. The number of aliphatic carboxylic acids is 2. The zero-order chi connectivity index (χ0) is 25.6. The number of nitrogens with zero attached hydrogens (tertiary/aromatic N) is 2. The van der Waals surface area contributed by atoms with Crippen molar-refractivity contribution in [1.82, 2.24) is 20.4 Å². The summed E-state index contributed by atoms with van der Waals surface area (Å²) in [5.74, 6) is -3.29. The van der Waals surface area contributed by atoms with E-state index < -0.39 is 33.5 Å². The standard InChI is InChI=1S/2C10H14N2O4S.2Na/c2*1-5(13)11-4-10(2)8(9(15)16)12-6(14)3-7(12)17-10;;/h2*7-8H,3-4H2,1-2H3,(H,11,13)(H,15,16);;/q;;2*+1/p-2/t2*7-,8+,10?;;/m11../s1. The van der Waals surface area contributed by atoms with Crippen LogP contribution >= 0.6 is 23.5 Å². The minimum Gasteiger partial charge on any atom is -0.548 e. The number of amides is 4. The monoisotopic (exact) mass is 560 g/mol. The van der Waals surface area contributed by atoms with Crippen LogP contribution in [0.25, 0.3) is 0 Å². The summed E-state index contributed by atoms with van der Waals surface area (Å²) in [6.07, 6.45) is 0.730. The van der Waals surface area contributed by atoms with E-state index in [1.807, 2.05) is 0 Å². The number of β-lactam (4-membered cyclic amide) rings is 2. The van der Waals surface area contributed by atoms with Crippen LogP contribution < -0.4 is 80.0 Å². The predicted molar refractivity (Wildman–Crippen MR) is 117 cm³/mol. The predicted octanol–water partition coefficient (Wildman–Crippen LogP) is -9.38. The van der Waals surface area contributed by atoms with Crippen molar-refractivity contribution in [3.63, 3.8) is 0 Å². The molecule has 4 rings (SSSR count). The van der Waals surface area contributed by atoms with E-state index in [1.54, 1.807) is 13.8 Å². The summed E-state index contributed by atoms with van der Waals surface area (Å²) in [7, 11) is 0. The second-order valence-corrected chi connectivity index (χ2v) is 12.5. The zero-order valence-corrected chi connectivity index (χ0v) is 26.7. The molecule has 6 atom stereocenters. The number of thioether (sulfide) groups is 2. The fourth-order valence-corrected chi connectivity index (χ4v) is 7.95. The third kappa shape index (κ3) is 6.56. The maximum absolute atomic E-state index is 11.4. The van der Waals surface area contributed by atoms with E-state index >= 15 is 0 Å². The van der Waals surface area contributed by atoms with Gasteiger partial charge in [0.1, 0.15) is 0 Å². The second-order valence-electron chi connectivity index (χ2n) is 9.04. The van der Waals surface area contributed by atoms with E-state index in [-0.39, 0.29) is 107 Å². The Labute approximate surface area is 261 Å². The van der Waals surface area contributed by atoms with Crippen LogP contribution in [-0.2, 0) is 28.8 Å². The minimum atomic E-state index is -1.26. The SMILES string of the molecule is CC(=O)NCC1(C)S[C@@H]2CC(=O)N2[C@H]1C(=O)[O-].CC(=O)NCC1(C)S[C@@H]2CC(=O)N2[C@H]1C(=O)[O-].[Na+].[Na+]. The number of hydrogen-bond acceptors (Lipinski definition) is 10. The summed E-state index contributed by atoms with van der Waals surface area (Å²) in [5, 5.41) is 27.4. The van der Waals surface area contributed by atoms with Gasteiger partial charge < -0.3 is 40.2 Å². The van der Waals surface area contributed by atoms with Crippen molar-refractivity contribution in [2.75, 3.05) is 13.1 Å². The van der Waals surface area contributed by atoms with E-state index in [4.69, 9.17) is 0 Å². The molecule has 36 heavy (non-hydrogen) atoms. The van der Waals surface area contributed by atoms with Crippen LogP contribution in [0.2, 0.25) is 0 Å². The fourth-order valence-electron chi connectivity index (χ4n) is 4.56. The Balaban J connectivity index is 0.000000341. The first-order valence-corrected chi connectivity index (χ1v) is 12.3. The van der Waals surface area contributed by atoms with Gasteiger partial charge in [-0.2, -0.15) is 0 Å². The molecule has 0 radical (unpaired) electrons. The summed E-state index contributed by atoms with van der Waals surface area (Å²) >= 11 is 2.83. The molecule has 0 bridgehead atoms. The Kier molecular flexibility index (Phi) is 11.7. The van der Waals surface area contributed by atoms with Crippen molar-refractivity contribution in [3.05, 3.63) is 0 Å². The van der Waals surface area contributed by atoms with E-state index in [0.717, 1.165) is 0 Å². The fraction of sp³-hybridized carbons (Fsp3) is 0.700. The van der Waals surface area contributed by atoms with Gasteiger partial charge in [-0.15, -0.1) is 23.5 Å². The molecule has 4 saturated heterocycles. The van der Waals surface area contributed by atoms with Crippen LogP contribution in [0.4, 0.5) is 0 Å². The van der Waals surface area contributed by atoms with Crippen molar-refractivity contribution < 1.29 is 98.1 Å². The van der Waals surface area contributed by atoms with Crippen LogP contribution in [0.15, 0.2) is 0 Å². The van der Waals surface area contributed by atoms with Crippen LogP contribution in [0.5, 0.6) is 0 Å². The van der Waals surface area contributed by atoms with Crippen LogP contribution in [0.1, 0.15) is 40.5 Å². The summed E-state index contributed by atoms with van der Waals surface area (Å²) in [6, 6.07) is -1.93. The summed E-state index contributed by atoms with van der Waals surface area (Å²) in [5.41, 5.74) is 0. The first kappa shape index (κ1) is 33.5. The number of fused-ring (bicyclic) bond motifs is 2. The first-order valence-electron chi connectivity index (χ1n) is 10.6. The molecule has 2 N–H and O–H groups in total. The summed E-state index contributed by atoms with van der Waals surface area (Å²) in [6.45, 7) is 6.64. The van der Waals surface area contributed by atoms with Gasteiger partial charge >= 0.3 is 59.1 Å². The van der Waals surface area contributed by atoms with Crippen molar-refractivity contribution in [3.8, 4) is 0 Å². The van der Waals surface area contributed by atoms with Gasteiger partial charge in [0.05, 0.1) is 57.1 Å². The summed E-state index contributed by atoms with van der Waals surface area (Å²) in [4.78, 5) is 69.6. The molecule has 4 aliphatic rings. The van der Waals surface area contributed by atoms with Gasteiger partial charge in [-0.1, -0.05) is 0 Å². The average Bonchev–Trinajstić information content (AvgIpc) is 3.11. The molecule has 0 aromatic carbocycles. The van der Waals surface area contributed by atoms with Gasteiger partial charge in [-0.25, -0.2) is 0 Å². The Morgan fingerprint density at radius 2 is 1.11 bits per heavy atom. The number of carbonyl (C=O) groups excluding carboxylic acids is 6. The molecular weight excluding hydrogens is 534 g/mol. The van der Waals surface area contributed by atoms with Gasteiger partial charge in [-0.05, 0) is 13.8 Å². The molecule has 4 fully saturated rings. The number of hydrogen-bond donors (Lipinski definition) is 2. The van der Waals surface area contributed by atoms with Gasteiger partial charge in [-0.3, -0.25) is 19.2 Å². The maximum Gasteiger partial charge on any atom is 1.00 e. The number of carbonyl (C=O) groups is 6. The van der Waals surface area contributed by atoms with Gasteiger partial charge in [0.25, 0.3) is 0 Å². The second kappa shape index (κ2) is 12.6. The Morgan fingerprint density at radius 3 is 1.33 bits per heavy atom. The van der Waals surface area contributed by atoms with Gasteiger partial charge in [0.2, 0.25) is 23.6 Å². The first-order chi connectivity index (χ1) is 15.7. The third-order valence-corrected chi connectivity index (χ3v) is 9.39. The number of carboxylic acids is 2. The Morgan fingerprint density at radius 1 is 0.806 bits per heavy atom. The molecule has 4 amide bonds. The van der Waals surface area contributed by atoms with Crippen LogP contribution in [0, 0.1) is 0 Å². The molecule has 0 saturated carbocycles. The van der Waals surface area contributed by atoms with Crippen LogP contribution in [0.3, 0.4) is 0 Å². The molecule has 12 nitrogen and oxygen atoms in total. The normalized spacial score (nSPS) is 33.2. The van der Waals surface area contributed by atoms with Gasteiger partial charge in [0, 0.05) is 26.9 Å². The quantitative estimate of drug-likeness (QED) is 0.234. The topological polar surface area (TPSA) is 179 Å².